The van der Waals surface area contributed by atoms with Gasteiger partial charge < -0.3 is 5.32 Å². The van der Waals surface area contributed by atoms with Gasteiger partial charge in [0.25, 0.3) is 0 Å². The van der Waals surface area contributed by atoms with E-state index in [2.05, 4.69) is 47.4 Å². The average molecular weight is 317 g/mol. The van der Waals surface area contributed by atoms with Gasteiger partial charge in [0.1, 0.15) is 0 Å². The summed E-state index contributed by atoms with van der Waals surface area (Å²) in [4.78, 5) is 0. The molecule has 0 aliphatic heterocycles. The minimum atomic E-state index is 0.529. The molecule has 94 valence electrons. The summed E-state index contributed by atoms with van der Waals surface area (Å²) in [7, 11) is 2.05. The van der Waals surface area contributed by atoms with Gasteiger partial charge >= 0.3 is 0 Å². The van der Waals surface area contributed by atoms with Crippen LogP contribution in [0.3, 0.4) is 0 Å². The molecule has 0 spiro atoms. The van der Waals surface area contributed by atoms with E-state index in [1.807, 2.05) is 6.07 Å². The third-order valence-electron chi connectivity index (χ3n) is 3.83. The van der Waals surface area contributed by atoms with Gasteiger partial charge in [0, 0.05) is 15.5 Å². The second kappa shape index (κ2) is 5.73. The van der Waals surface area contributed by atoms with Crippen molar-refractivity contribution in [3.63, 3.8) is 0 Å². The van der Waals surface area contributed by atoms with E-state index in [9.17, 15) is 0 Å². The number of benzene rings is 1. The summed E-state index contributed by atoms with van der Waals surface area (Å²) in [5, 5.41) is 4.31. The molecular formula is C14H19BrClN. The van der Waals surface area contributed by atoms with Crippen molar-refractivity contribution in [3.8, 4) is 0 Å². The molecule has 2 rings (SSSR count). The quantitative estimate of drug-likeness (QED) is 0.855. The van der Waals surface area contributed by atoms with Crippen molar-refractivity contribution in [3.05, 3.63) is 33.3 Å². The predicted molar refractivity (Wildman–Crippen MR) is 77.6 cm³/mol. The maximum atomic E-state index is 6.27. The average Bonchev–Trinajstić information content (AvgIpc) is 3.11. The van der Waals surface area contributed by atoms with Crippen LogP contribution in [-0.2, 0) is 6.42 Å². The summed E-state index contributed by atoms with van der Waals surface area (Å²) in [6, 6.07) is 6.69. The van der Waals surface area contributed by atoms with Crippen LogP contribution < -0.4 is 5.32 Å². The van der Waals surface area contributed by atoms with E-state index in [1.54, 1.807) is 0 Å². The van der Waals surface area contributed by atoms with E-state index in [4.69, 9.17) is 11.6 Å². The molecule has 0 amide bonds. The van der Waals surface area contributed by atoms with Gasteiger partial charge in [-0.15, -0.1) is 0 Å². The molecular weight excluding hydrogens is 298 g/mol. The molecule has 1 saturated carbocycles. The highest BCUT2D eigenvalue weighted by Gasteiger charge is 2.32. The zero-order valence-corrected chi connectivity index (χ0v) is 12.7. The Labute approximate surface area is 117 Å². The molecule has 3 heteroatoms. The lowest BCUT2D eigenvalue weighted by Crippen LogP contribution is -2.35. The van der Waals surface area contributed by atoms with E-state index in [1.165, 1.54) is 18.4 Å². The number of hydrogen-bond acceptors (Lipinski definition) is 1. The highest BCUT2D eigenvalue weighted by molar-refractivity contribution is 9.10. The minimum Gasteiger partial charge on any atom is -0.316 e. The van der Waals surface area contributed by atoms with Crippen molar-refractivity contribution in [1.82, 2.24) is 5.32 Å². The lowest BCUT2D eigenvalue weighted by Gasteiger charge is -2.24. The molecule has 1 aromatic carbocycles. The molecule has 0 radical (unpaired) electrons. The maximum Gasteiger partial charge on any atom is 0.0449 e. The van der Waals surface area contributed by atoms with Crippen LogP contribution in [0.4, 0.5) is 0 Å². The van der Waals surface area contributed by atoms with Crippen molar-refractivity contribution in [2.75, 3.05) is 7.05 Å². The van der Waals surface area contributed by atoms with Gasteiger partial charge in [-0.2, -0.15) is 0 Å². The first-order valence-corrected chi connectivity index (χ1v) is 7.40. The number of halogens is 2. The van der Waals surface area contributed by atoms with Crippen LogP contribution >= 0.6 is 27.5 Å². The van der Waals surface area contributed by atoms with Gasteiger partial charge in [-0.3, -0.25) is 0 Å². The van der Waals surface area contributed by atoms with Gasteiger partial charge in [0.15, 0.2) is 0 Å². The minimum absolute atomic E-state index is 0.529. The topological polar surface area (TPSA) is 12.0 Å². The summed E-state index contributed by atoms with van der Waals surface area (Å²) in [6.07, 6.45) is 3.81. The Hall–Kier alpha value is -0.0500. The van der Waals surface area contributed by atoms with Crippen LogP contribution in [0.1, 0.15) is 25.3 Å². The number of nitrogens with one attached hydrogen (secondary N) is 1. The summed E-state index contributed by atoms with van der Waals surface area (Å²) in [5.74, 6) is 1.65. The predicted octanol–water partition coefficient (Wildman–Crippen LogP) is 4.28. The third kappa shape index (κ3) is 3.46. The lowest BCUT2D eigenvalue weighted by molar-refractivity contribution is 0.358. The Bertz CT molecular complexity index is 390. The largest absolute Gasteiger partial charge is 0.316 e. The fourth-order valence-electron chi connectivity index (χ4n) is 2.43. The molecule has 17 heavy (non-hydrogen) atoms. The fraction of sp³-hybridized carbons (Fsp3) is 0.571. The highest BCUT2D eigenvalue weighted by Crippen LogP contribution is 2.39. The van der Waals surface area contributed by atoms with E-state index >= 15 is 0 Å². The van der Waals surface area contributed by atoms with Crippen molar-refractivity contribution in [1.29, 1.82) is 0 Å². The summed E-state index contributed by atoms with van der Waals surface area (Å²) < 4.78 is 1.04. The zero-order chi connectivity index (χ0) is 12.4. The summed E-state index contributed by atoms with van der Waals surface area (Å²) in [5.41, 5.74) is 1.24. The van der Waals surface area contributed by atoms with Crippen molar-refractivity contribution in [2.24, 2.45) is 11.8 Å². The van der Waals surface area contributed by atoms with Crippen LogP contribution in [0.2, 0.25) is 5.02 Å². The Kier molecular flexibility index (Phi) is 4.51. The second-order valence-corrected chi connectivity index (χ2v) is 6.35. The first-order chi connectivity index (χ1) is 8.11. The first-order valence-electron chi connectivity index (χ1n) is 6.23. The van der Waals surface area contributed by atoms with E-state index in [-0.39, 0.29) is 0 Å². The Morgan fingerprint density at radius 3 is 2.71 bits per heavy atom. The molecule has 2 atom stereocenters. The first kappa shape index (κ1) is 13.4. The molecule has 0 aromatic heterocycles. The number of likely N-dealkylation sites (N-methyl/N-ethyl adjacent to an activating group) is 1. The molecule has 1 fully saturated rings. The number of hydrogen-bond donors (Lipinski definition) is 1. The van der Waals surface area contributed by atoms with Crippen LogP contribution in [-0.4, -0.2) is 13.1 Å². The maximum absolute atomic E-state index is 6.27. The Balaban J connectivity index is 2.06. The molecule has 1 nitrogen and oxygen atoms in total. The SMILES string of the molecule is CNC(Cc1ccc(Br)cc1Cl)C(C)C1CC1. The van der Waals surface area contributed by atoms with Crippen LogP contribution in [0.15, 0.2) is 22.7 Å². The fourth-order valence-corrected chi connectivity index (χ4v) is 3.18. The monoisotopic (exact) mass is 315 g/mol. The standard InChI is InChI=1S/C14H19BrClN/c1-9(10-3-4-10)14(17-2)7-11-5-6-12(15)8-13(11)16/h5-6,8-10,14,17H,3-4,7H2,1-2H3. The van der Waals surface area contributed by atoms with Crippen LogP contribution in [0, 0.1) is 11.8 Å². The Morgan fingerprint density at radius 2 is 2.18 bits per heavy atom. The zero-order valence-electron chi connectivity index (χ0n) is 10.3. The van der Waals surface area contributed by atoms with Gasteiger partial charge in [-0.25, -0.2) is 0 Å². The molecule has 0 saturated heterocycles. The summed E-state index contributed by atoms with van der Waals surface area (Å²) >= 11 is 9.71. The van der Waals surface area contributed by atoms with Gasteiger partial charge in [-0.1, -0.05) is 40.5 Å². The van der Waals surface area contributed by atoms with Gasteiger partial charge in [0.05, 0.1) is 0 Å². The van der Waals surface area contributed by atoms with Crippen molar-refractivity contribution >= 4 is 27.5 Å². The third-order valence-corrected chi connectivity index (χ3v) is 4.67. The molecule has 1 aromatic rings. The molecule has 1 N–H and O–H groups in total. The van der Waals surface area contributed by atoms with E-state index in [0.29, 0.717) is 6.04 Å². The number of rotatable bonds is 5. The van der Waals surface area contributed by atoms with E-state index in [0.717, 1.165) is 27.8 Å². The Morgan fingerprint density at radius 1 is 1.47 bits per heavy atom. The highest BCUT2D eigenvalue weighted by atomic mass is 79.9. The lowest BCUT2D eigenvalue weighted by atomic mass is 9.91. The molecule has 1 aliphatic rings. The molecule has 2 unspecified atom stereocenters. The van der Waals surface area contributed by atoms with Gasteiger partial charge in [0.2, 0.25) is 0 Å². The molecule has 0 heterocycles. The van der Waals surface area contributed by atoms with Crippen LogP contribution in [0.25, 0.3) is 0 Å². The molecule has 0 bridgehead atoms. The summed E-state index contributed by atoms with van der Waals surface area (Å²) in [6.45, 7) is 2.35. The van der Waals surface area contributed by atoms with Crippen molar-refractivity contribution in [2.45, 2.75) is 32.2 Å². The smallest absolute Gasteiger partial charge is 0.0449 e. The van der Waals surface area contributed by atoms with Crippen LogP contribution in [0.5, 0.6) is 0 Å². The molecule has 1 aliphatic carbocycles. The van der Waals surface area contributed by atoms with E-state index < -0.39 is 0 Å². The second-order valence-electron chi connectivity index (χ2n) is 5.03. The van der Waals surface area contributed by atoms with Gasteiger partial charge in [-0.05, 0) is 55.8 Å². The normalized spacial score (nSPS) is 19.1. The van der Waals surface area contributed by atoms with Crippen molar-refractivity contribution < 1.29 is 0 Å².